The fourth-order valence-corrected chi connectivity index (χ4v) is 2.82. The third-order valence-corrected chi connectivity index (χ3v) is 4.19. The Morgan fingerprint density at radius 2 is 1.89 bits per heavy atom. The summed E-state index contributed by atoms with van der Waals surface area (Å²) in [6.07, 6.45) is 3.05. The summed E-state index contributed by atoms with van der Waals surface area (Å²) in [6, 6.07) is 16.4. The number of amides is 1. The maximum atomic E-state index is 11.8. The number of carbonyl (C=O) groups excluding carboxylic acids is 1. The molecule has 3 rings (SSSR count). The van der Waals surface area contributed by atoms with Gasteiger partial charge in [-0.1, -0.05) is 36.4 Å². The van der Waals surface area contributed by atoms with E-state index in [0.29, 0.717) is 19.4 Å². The topological polar surface area (TPSA) is 72.9 Å². The van der Waals surface area contributed by atoms with Crippen molar-refractivity contribution in [2.45, 2.75) is 38.9 Å². The van der Waals surface area contributed by atoms with Gasteiger partial charge in [-0.2, -0.15) is 0 Å². The van der Waals surface area contributed by atoms with Crippen molar-refractivity contribution < 1.29 is 4.79 Å². The molecule has 146 valence electrons. The third-order valence-electron chi connectivity index (χ3n) is 4.19. The van der Waals surface area contributed by atoms with Gasteiger partial charge in [0, 0.05) is 25.6 Å². The third kappa shape index (κ3) is 6.54. The second kappa shape index (κ2) is 10.9. The summed E-state index contributed by atoms with van der Waals surface area (Å²) in [7, 11) is 0. The van der Waals surface area contributed by atoms with Gasteiger partial charge in [0.25, 0.3) is 0 Å². The van der Waals surface area contributed by atoms with E-state index in [1.54, 1.807) is 0 Å². The number of benzene rings is 2. The Morgan fingerprint density at radius 1 is 1.15 bits per heavy atom. The highest BCUT2D eigenvalue weighted by Crippen LogP contribution is 2.15. The lowest BCUT2D eigenvalue weighted by atomic mass is 10.1. The molecule has 0 aliphatic heterocycles. The van der Waals surface area contributed by atoms with Gasteiger partial charge in [0.05, 0.1) is 17.4 Å². The van der Waals surface area contributed by atoms with Crippen LogP contribution in [0.2, 0.25) is 0 Å². The molecule has 0 radical (unpaired) electrons. The second-order valence-electron chi connectivity index (χ2n) is 6.47. The molecular weight excluding hydrogens is 383 g/mol. The molecule has 3 aromatic rings. The summed E-state index contributed by atoms with van der Waals surface area (Å²) in [4.78, 5) is 16.3. The Hall–Kier alpha value is -2.08. The van der Waals surface area contributed by atoms with Crippen LogP contribution < -0.4 is 11.1 Å². The number of halogens is 2. The lowest BCUT2D eigenvalue weighted by Crippen LogP contribution is -2.25. The second-order valence-corrected chi connectivity index (χ2v) is 6.47. The number of imidazole rings is 1. The lowest BCUT2D eigenvalue weighted by molar-refractivity contribution is -0.121. The summed E-state index contributed by atoms with van der Waals surface area (Å²) in [5, 5.41) is 2.96. The first-order valence-corrected chi connectivity index (χ1v) is 8.62. The van der Waals surface area contributed by atoms with E-state index in [1.165, 1.54) is 5.56 Å². The van der Waals surface area contributed by atoms with Crippen LogP contribution in [0.5, 0.6) is 0 Å². The van der Waals surface area contributed by atoms with Gasteiger partial charge < -0.3 is 15.6 Å². The van der Waals surface area contributed by atoms with E-state index in [9.17, 15) is 4.79 Å². The standard InChI is InChI=1S/C20H24N4O.2ClH/c1-15(21)9-10-20(25)22-12-16-5-4-6-17(11-16)13-24-14-23-18-7-2-3-8-19(18)24;;/h2-8,11,14-15H,9-10,12-13,21H2,1H3,(H,22,25);2*1H. The van der Waals surface area contributed by atoms with Crippen LogP contribution in [0, 0.1) is 0 Å². The highest BCUT2D eigenvalue weighted by atomic mass is 35.5. The number of fused-ring (bicyclic) bond motifs is 1. The van der Waals surface area contributed by atoms with E-state index in [-0.39, 0.29) is 36.8 Å². The molecule has 1 amide bonds. The number of hydrogen-bond donors (Lipinski definition) is 2. The van der Waals surface area contributed by atoms with Crippen molar-refractivity contribution in [1.82, 2.24) is 14.9 Å². The molecular formula is C20H26Cl2N4O. The Morgan fingerprint density at radius 3 is 2.67 bits per heavy atom. The van der Waals surface area contributed by atoms with Crippen LogP contribution in [-0.4, -0.2) is 21.5 Å². The van der Waals surface area contributed by atoms with Gasteiger partial charge in [-0.05, 0) is 36.6 Å². The minimum absolute atomic E-state index is 0. The van der Waals surface area contributed by atoms with Crippen molar-refractivity contribution in [3.63, 3.8) is 0 Å². The summed E-state index contributed by atoms with van der Waals surface area (Å²) >= 11 is 0. The number of nitrogens with two attached hydrogens (primary N) is 1. The van der Waals surface area contributed by atoms with Crippen molar-refractivity contribution >= 4 is 41.8 Å². The van der Waals surface area contributed by atoms with E-state index in [1.807, 2.05) is 43.6 Å². The van der Waals surface area contributed by atoms with Gasteiger partial charge in [-0.25, -0.2) is 4.98 Å². The average molecular weight is 409 g/mol. The maximum absolute atomic E-state index is 11.8. The molecule has 1 aromatic heterocycles. The van der Waals surface area contributed by atoms with Gasteiger partial charge in [0.1, 0.15) is 0 Å². The Bertz CT molecular complexity index is 864. The number of nitrogens with zero attached hydrogens (tertiary/aromatic N) is 2. The first-order chi connectivity index (χ1) is 12.1. The quantitative estimate of drug-likeness (QED) is 0.626. The molecule has 0 bridgehead atoms. The number of nitrogens with one attached hydrogen (secondary N) is 1. The molecule has 2 aromatic carbocycles. The van der Waals surface area contributed by atoms with Crippen LogP contribution in [-0.2, 0) is 17.9 Å². The molecule has 3 N–H and O–H groups in total. The van der Waals surface area contributed by atoms with Crippen LogP contribution in [0.25, 0.3) is 11.0 Å². The summed E-state index contributed by atoms with van der Waals surface area (Å²) < 4.78 is 2.13. The molecule has 0 fully saturated rings. The van der Waals surface area contributed by atoms with E-state index < -0.39 is 0 Å². The molecule has 0 aliphatic rings. The largest absolute Gasteiger partial charge is 0.352 e. The fourth-order valence-electron chi connectivity index (χ4n) is 2.82. The van der Waals surface area contributed by atoms with Crippen LogP contribution in [0.3, 0.4) is 0 Å². The predicted octanol–water partition coefficient (Wildman–Crippen LogP) is 3.67. The first kappa shape index (κ1) is 23.0. The number of para-hydroxylation sites is 2. The highest BCUT2D eigenvalue weighted by molar-refractivity contribution is 5.85. The molecule has 5 nitrogen and oxygen atoms in total. The molecule has 1 heterocycles. The van der Waals surface area contributed by atoms with Crippen molar-refractivity contribution in [2.75, 3.05) is 0 Å². The van der Waals surface area contributed by atoms with E-state index in [0.717, 1.165) is 23.1 Å². The molecule has 27 heavy (non-hydrogen) atoms. The van der Waals surface area contributed by atoms with Crippen LogP contribution in [0.15, 0.2) is 54.9 Å². The van der Waals surface area contributed by atoms with Crippen LogP contribution >= 0.6 is 24.8 Å². The zero-order chi connectivity index (χ0) is 17.6. The minimum Gasteiger partial charge on any atom is -0.352 e. The summed E-state index contributed by atoms with van der Waals surface area (Å²) in [5.41, 5.74) is 10.1. The number of aromatic nitrogens is 2. The Balaban J connectivity index is 0.00000182. The van der Waals surface area contributed by atoms with Crippen LogP contribution in [0.4, 0.5) is 0 Å². The number of carbonyl (C=O) groups is 1. The van der Waals surface area contributed by atoms with Gasteiger partial charge >= 0.3 is 0 Å². The average Bonchev–Trinajstić information content (AvgIpc) is 3.02. The monoisotopic (exact) mass is 408 g/mol. The van der Waals surface area contributed by atoms with Crippen molar-refractivity contribution in [3.8, 4) is 0 Å². The first-order valence-electron chi connectivity index (χ1n) is 8.62. The van der Waals surface area contributed by atoms with Crippen molar-refractivity contribution in [3.05, 3.63) is 66.0 Å². The minimum atomic E-state index is 0. The zero-order valence-corrected chi connectivity index (χ0v) is 16.9. The predicted molar refractivity (Wildman–Crippen MR) is 115 cm³/mol. The molecule has 1 atom stereocenters. The Labute approximate surface area is 172 Å². The zero-order valence-electron chi connectivity index (χ0n) is 15.3. The SMILES string of the molecule is CC(N)CCC(=O)NCc1cccc(Cn2cnc3ccccc32)c1.Cl.Cl. The molecule has 7 heteroatoms. The van der Waals surface area contributed by atoms with E-state index >= 15 is 0 Å². The molecule has 0 spiro atoms. The molecule has 0 saturated heterocycles. The van der Waals surface area contributed by atoms with Gasteiger partial charge in [-0.15, -0.1) is 24.8 Å². The normalized spacial score (nSPS) is 11.3. The molecule has 1 unspecified atom stereocenters. The van der Waals surface area contributed by atoms with Crippen molar-refractivity contribution in [1.29, 1.82) is 0 Å². The van der Waals surface area contributed by atoms with Gasteiger partial charge in [-0.3, -0.25) is 4.79 Å². The maximum Gasteiger partial charge on any atom is 0.220 e. The van der Waals surface area contributed by atoms with Crippen LogP contribution in [0.1, 0.15) is 30.9 Å². The molecule has 0 saturated carbocycles. The van der Waals surface area contributed by atoms with Gasteiger partial charge in [0.2, 0.25) is 5.91 Å². The van der Waals surface area contributed by atoms with E-state index in [2.05, 4.69) is 33.1 Å². The molecule has 0 aliphatic carbocycles. The fraction of sp³-hybridized carbons (Fsp3) is 0.300. The smallest absolute Gasteiger partial charge is 0.220 e. The summed E-state index contributed by atoms with van der Waals surface area (Å²) in [5.74, 6) is 0.0447. The number of hydrogen-bond acceptors (Lipinski definition) is 3. The lowest BCUT2D eigenvalue weighted by Gasteiger charge is -2.09. The highest BCUT2D eigenvalue weighted by Gasteiger charge is 2.05. The number of rotatable bonds is 7. The van der Waals surface area contributed by atoms with Gasteiger partial charge in [0.15, 0.2) is 0 Å². The Kier molecular flexibility index (Phi) is 9.29. The van der Waals surface area contributed by atoms with Crippen molar-refractivity contribution in [2.24, 2.45) is 5.73 Å². The van der Waals surface area contributed by atoms with E-state index in [4.69, 9.17) is 5.73 Å². The summed E-state index contributed by atoms with van der Waals surface area (Å²) in [6.45, 7) is 3.21.